The normalized spacial score (nSPS) is 16.4. The first-order valence-corrected chi connectivity index (χ1v) is 7.40. The van der Waals surface area contributed by atoms with Gasteiger partial charge in [0.05, 0.1) is 0 Å². The van der Waals surface area contributed by atoms with Crippen molar-refractivity contribution in [2.24, 2.45) is 0 Å². The van der Waals surface area contributed by atoms with Crippen molar-refractivity contribution in [3.8, 4) is 0 Å². The molecular formula is C16H25FN2. The smallest absolute Gasteiger partial charge is 0.127 e. The van der Waals surface area contributed by atoms with Gasteiger partial charge in [0.2, 0.25) is 0 Å². The molecule has 1 aromatic rings. The summed E-state index contributed by atoms with van der Waals surface area (Å²) in [5, 5.41) is 3.12. The first kappa shape index (κ1) is 14.5. The van der Waals surface area contributed by atoms with E-state index < -0.39 is 0 Å². The van der Waals surface area contributed by atoms with E-state index in [1.807, 2.05) is 19.2 Å². The van der Waals surface area contributed by atoms with Gasteiger partial charge in [-0.3, -0.25) is 4.90 Å². The lowest BCUT2D eigenvalue weighted by molar-refractivity contribution is 0.198. The van der Waals surface area contributed by atoms with Crippen molar-refractivity contribution >= 4 is 0 Å². The van der Waals surface area contributed by atoms with Crippen LogP contribution in [-0.4, -0.2) is 24.5 Å². The van der Waals surface area contributed by atoms with Crippen LogP contribution in [0.1, 0.15) is 43.7 Å². The van der Waals surface area contributed by atoms with Crippen LogP contribution in [0, 0.1) is 5.82 Å². The van der Waals surface area contributed by atoms with Crippen molar-refractivity contribution in [2.45, 2.75) is 51.7 Å². The van der Waals surface area contributed by atoms with E-state index in [9.17, 15) is 4.39 Å². The summed E-state index contributed by atoms with van der Waals surface area (Å²) < 4.78 is 13.9. The molecule has 1 saturated carbocycles. The molecule has 0 heterocycles. The Morgan fingerprint density at radius 2 is 2.05 bits per heavy atom. The standard InChI is InChI=1S/C16H25FN2/c1-3-19(15-6-4-5-7-15)12-14-10-13(11-18-2)8-9-16(14)17/h8-10,15,18H,3-7,11-12H2,1-2H3. The van der Waals surface area contributed by atoms with E-state index in [0.717, 1.165) is 30.8 Å². The van der Waals surface area contributed by atoms with Gasteiger partial charge in [0.25, 0.3) is 0 Å². The summed E-state index contributed by atoms with van der Waals surface area (Å²) in [5.41, 5.74) is 1.99. The van der Waals surface area contributed by atoms with E-state index in [1.54, 1.807) is 6.07 Å². The molecule has 0 saturated heterocycles. The Morgan fingerprint density at radius 1 is 1.32 bits per heavy atom. The fourth-order valence-corrected chi connectivity index (χ4v) is 3.05. The molecule has 1 aliphatic carbocycles. The second kappa shape index (κ2) is 7.01. The van der Waals surface area contributed by atoms with Gasteiger partial charge in [-0.25, -0.2) is 4.39 Å². The minimum Gasteiger partial charge on any atom is -0.316 e. The molecule has 2 nitrogen and oxygen atoms in total. The summed E-state index contributed by atoms with van der Waals surface area (Å²) in [4.78, 5) is 2.43. The highest BCUT2D eigenvalue weighted by molar-refractivity contribution is 5.25. The topological polar surface area (TPSA) is 15.3 Å². The van der Waals surface area contributed by atoms with Gasteiger partial charge < -0.3 is 5.32 Å². The zero-order valence-electron chi connectivity index (χ0n) is 12.1. The van der Waals surface area contributed by atoms with Crippen LogP contribution in [0.25, 0.3) is 0 Å². The van der Waals surface area contributed by atoms with E-state index in [1.165, 1.54) is 25.7 Å². The molecule has 19 heavy (non-hydrogen) atoms. The molecule has 0 radical (unpaired) electrons. The SMILES string of the molecule is CCN(Cc1cc(CNC)ccc1F)C1CCCC1. The lowest BCUT2D eigenvalue weighted by Crippen LogP contribution is -2.32. The van der Waals surface area contributed by atoms with Crippen molar-refractivity contribution in [1.82, 2.24) is 10.2 Å². The number of hydrogen-bond donors (Lipinski definition) is 1. The summed E-state index contributed by atoms with van der Waals surface area (Å²) in [6.07, 6.45) is 5.18. The van der Waals surface area contributed by atoms with Gasteiger partial charge in [-0.05, 0) is 38.1 Å². The van der Waals surface area contributed by atoms with Gasteiger partial charge in [0.15, 0.2) is 0 Å². The van der Waals surface area contributed by atoms with Crippen LogP contribution in [0.4, 0.5) is 4.39 Å². The van der Waals surface area contributed by atoms with Gasteiger partial charge in [0, 0.05) is 24.7 Å². The Labute approximate surface area is 116 Å². The molecule has 1 aliphatic rings. The van der Waals surface area contributed by atoms with Crippen LogP contribution >= 0.6 is 0 Å². The average molecular weight is 264 g/mol. The van der Waals surface area contributed by atoms with Crippen LogP contribution < -0.4 is 5.32 Å². The van der Waals surface area contributed by atoms with Crippen LogP contribution in [-0.2, 0) is 13.1 Å². The van der Waals surface area contributed by atoms with Gasteiger partial charge >= 0.3 is 0 Å². The predicted octanol–water partition coefficient (Wildman–Crippen LogP) is 3.31. The minimum atomic E-state index is -0.0729. The zero-order chi connectivity index (χ0) is 13.7. The maximum Gasteiger partial charge on any atom is 0.127 e. The van der Waals surface area contributed by atoms with Crippen molar-refractivity contribution < 1.29 is 4.39 Å². The second-order valence-corrected chi connectivity index (χ2v) is 5.46. The molecule has 0 unspecified atom stereocenters. The van der Waals surface area contributed by atoms with Gasteiger partial charge in [-0.1, -0.05) is 31.9 Å². The number of nitrogens with zero attached hydrogens (tertiary/aromatic N) is 1. The van der Waals surface area contributed by atoms with Gasteiger partial charge in [-0.2, -0.15) is 0 Å². The number of nitrogens with one attached hydrogen (secondary N) is 1. The number of halogens is 1. The molecule has 0 atom stereocenters. The number of rotatable bonds is 6. The van der Waals surface area contributed by atoms with Crippen molar-refractivity contribution in [1.29, 1.82) is 0 Å². The molecule has 2 rings (SSSR count). The van der Waals surface area contributed by atoms with Crippen molar-refractivity contribution in [2.75, 3.05) is 13.6 Å². The minimum absolute atomic E-state index is 0.0729. The Kier molecular flexibility index (Phi) is 5.34. The van der Waals surface area contributed by atoms with Crippen LogP contribution in [0.2, 0.25) is 0 Å². The molecule has 1 fully saturated rings. The van der Waals surface area contributed by atoms with E-state index in [2.05, 4.69) is 17.1 Å². The molecule has 0 amide bonds. The first-order valence-electron chi connectivity index (χ1n) is 7.40. The Morgan fingerprint density at radius 3 is 2.68 bits per heavy atom. The third kappa shape index (κ3) is 3.77. The molecular weight excluding hydrogens is 239 g/mol. The maximum absolute atomic E-state index is 13.9. The molecule has 106 valence electrons. The molecule has 1 aromatic carbocycles. The third-order valence-corrected chi connectivity index (χ3v) is 4.11. The van der Waals surface area contributed by atoms with Gasteiger partial charge in [0.1, 0.15) is 5.82 Å². The summed E-state index contributed by atoms with van der Waals surface area (Å²) in [6.45, 7) is 4.71. The Balaban J connectivity index is 2.09. The fraction of sp³-hybridized carbons (Fsp3) is 0.625. The van der Waals surface area contributed by atoms with Crippen molar-refractivity contribution in [3.05, 3.63) is 35.1 Å². The number of benzene rings is 1. The largest absolute Gasteiger partial charge is 0.316 e. The lowest BCUT2D eigenvalue weighted by Gasteiger charge is -2.27. The Hall–Kier alpha value is -0.930. The Bertz CT molecular complexity index is 400. The van der Waals surface area contributed by atoms with E-state index in [-0.39, 0.29) is 5.82 Å². The number of hydrogen-bond acceptors (Lipinski definition) is 2. The molecule has 0 aliphatic heterocycles. The van der Waals surface area contributed by atoms with E-state index >= 15 is 0 Å². The zero-order valence-corrected chi connectivity index (χ0v) is 12.1. The lowest BCUT2D eigenvalue weighted by atomic mass is 10.1. The summed E-state index contributed by atoms with van der Waals surface area (Å²) in [6, 6.07) is 6.12. The summed E-state index contributed by atoms with van der Waals surface area (Å²) in [7, 11) is 1.92. The highest BCUT2D eigenvalue weighted by atomic mass is 19.1. The maximum atomic E-state index is 13.9. The first-order chi connectivity index (χ1) is 9.24. The molecule has 3 heteroatoms. The molecule has 1 N–H and O–H groups in total. The molecule has 0 aromatic heterocycles. The fourth-order valence-electron chi connectivity index (χ4n) is 3.05. The summed E-state index contributed by atoms with van der Waals surface area (Å²) >= 11 is 0. The van der Waals surface area contributed by atoms with Crippen LogP contribution in [0.3, 0.4) is 0 Å². The second-order valence-electron chi connectivity index (χ2n) is 5.46. The third-order valence-electron chi connectivity index (χ3n) is 4.11. The highest BCUT2D eigenvalue weighted by Crippen LogP contribution is 2.25. The highest BCUT2D eigenvalue weighted by Gasteiger charge is 2.22. The summed E-state index contributed by atoms with van der Waals surface area (Å²) in [5.74, 6) is -0.0729. The predicted molar refractivity (Wildman–Crippen MR) is 77.5 cm³/mol. The molecule has 0 spiro atoms. The van der Waals surface area contributed by atoms with E-state index in [4.69, 9.17) is 0 Å². The van der Waals surface area contributed by atoms with Crippen molar-refractivity contribution in [3.63, 3.8) is 0 Å². The van der Waals surface area contributed by atoms with Gasteiger partial charge in [-0.15, -0.1) is 0 Å². The van der Waals surface area contributed by atoms with Crippen LogP contribution in [0.15, 0.2) is 18.2 Å². The van der Waals surface area contributed by atoms with Crippen LogP contribution in [0.5, 0.6) is 0 Å². The average Bonchev–Trinajstić information content (AvgIpc) is 2.93. The monoisotopic (exact) mass is 264 g/mol. The molecule has 0 bridgehead atoms. The quantitative estimate of drug-likeness (QED) is 0.848. The van der Waals surface area contributed by atoms with E-state index in [0.29, 0.717) is 6.04 Å².